The number of hydrogen-bond acceptors (Lipinski definition) is 6. The lowest BCUT2D eigenvalue weighted by Gasteiger charge is -2.28. The predicted octanol–water partition coefficient (Wildman–Crippen LogP) is 2.59. The van der Waals surface area contributed by atoms with Crippen LogP contribution in [-0.2, 0) is 4.79 Å². The van der Waals surface area contributed by atoms with Crippen LogP contribution in [0.4, 0.5) is 16.2 Å². The minimum atomic E-state index is -0.777. The first kappa shape index (κ1) is 18.3. The van der Waals surface area contributed by atoms with Gasteiger partial charge in [-0.05, 0) is 30.7 Å². The molecule has 0 spiro atoms. The summed E-state index contributed by atoms with van der Waals surface area (Å²) in [5.74, 6) is 0.499. The molecule has 0 fully saturated rings. The average molecular weight is 396 g/mol. The van der Waals surface area contributed by atoms with E-state index in [1.165, 1.54) is 18.2 Å². The minimum Gasteiger partial charge on any atom is -0.454 e. The van der Waals surface area contributed by atoms with Crippen molar-refractivity contribution in [3.8, 4) is 11.5 Å². The fourth-order valence-corrected chi connectivity index (χ4v) is 3.27. The highest BCUT2D eigenvalue weighted by Gasteiger charge is 2.33. The first-order chi connectivity index (χ1) is 13.9. The minimum absolute atomic E-state index is 0.0594. The molecule has 148 valence electrons. The van der Waals surface area contributed by atoms with Crippen LogP contribution < -0.4 is 25.4 Å². The molecule has 2 aliphatic rings. The van der Waals surface area contributed by atoms with E-state index in [1.807, 2.05) is 0 Å². The number of para-hydroxylation sites is 2. The van der Waals surface area contributed by atoms with Gasteiger partial charge in [0.05, 0.1) is 16.5 Å². The van der Waals surface area contributed by atoms with Crippen LogP contribution in [0.3, 0.4) is 0 Å². The third kappa shape index (κ3) is 3.43. The highest BCUT2D eigenvalue weighted by molar-refractivity contribution is 6.07. The summed E-state index contributed by atoms with van der Waals surface area (Å²) in [4.78, 5) is 35.7. The lowest BCUT2D eigenvalue weighted by Crippen LogP contribution is -2.46. The molecule has 0 aliphatic carbocycles. The summed E-state index contributed by atoms with van der Waals surface area (Å²) in [5, 5.41) is 19.1. The summed E-state index contributed by atoms with van der Waals surface area (Å²) < 4.78 is 10.7. The first-order valence-corrected chi connectivity index (χ1v) is 8.66. The zero-order valence-corrected chi connectivity index (χ0v) is 15.2. The van der Waals surface area contributed by atoms with E-state index in [0.29, 0.717) is 22.8 Å². The maximum absolute atomic E-state index is 13.0. The number of hydrogen-bond donors (Lipinski definition) is 3. The molecule has 2 aromatic rings. The molecule has 29 heavy (non-hydrogen) atoms. The van der Waals surface area contributed by atoms with Crippen molar-refractivity contribution in [3.05, 3.63) is 69.4 Å². The topological polar surface area (TPSA) is 132 Å². The normalized spacial score (nSPS) is 17.4. The van der Waals surface area contributed by atoms with Gasteiger partial charge in [-0.3, -0.25) is 14.9 Å². The van der Waals surface area contributed by atoms with Crippen LogP contribution in [0.2, 0.25) is 0 Å². The van der Waals surface area contributed by atoms with E-state index in [-0.39, 0.29) is 23.7 Å². The van der Waals surface area contributed by atoms with E-state index in [9.17, 15) is 19.7 Å². The second-order valence-electron chi connectivity index (χ2n) is 6.41. The summed E-state index contributed by atoms with van der Waals surface area (Å²) in [6, 6.07) is 9.69. The lowest BCUT2D eigenvalue weighted by atomic mass is 9.94. The van der Waals surface area contributed by atoms with Crippen molar-refractivity contribution in [3.63, 3.8) is 0 Å². The number of amides is 3. The molecule has 0 bridgehead atoms. The zero-order chi connectivity index (χ0) is 20.5. The molecule has 0 saturated heterocycles. The van der Waals surface area contributed by atoms with Gasteiger partial charge in [-0.2, -0.15) is 0 Å². The van der Waals surface area contributed by atoms with Crippen molar-refractivity contribution in [1.82, 2.24) is 10.6 Å². The molecule has 10 nitrogen and oxygen atoms in total. The van der Waals surface area contributed by atoms with Gasteiger partial charge in [-0.25, -0.2) is 4.79 Å². The van der Waals surface area contributed by atoms with Crippen molar-refractivity contribution in [1.29, 1.82) is 0 Å². The fraction of sp³-hybridized carbons (Fsp3) is 0.158. The number of fused-ring (bicyclic) bond motifs is 1. The summed E-state index contributed by atoms with van der Waals surface area (Å²) in [6.45, 7) is 1.68. The Hall–Kier alpha value is -4.08. The predicted molar refractivity (Wildman–Crippen MR) is 101 cm³/mol. The van der Waals surface area contributed by atoms with Gasteiger partial charge >= 0.3 is 6.03 Å². The smallest absolute Gasteiger partial charge is 0.319 e. The van der Waals surface area contributed by atoms with Crippen LogP contribution >= 0.6 is 0 Å². The number of carbonyl (C=O) groups is 2. The van der Waals surface area contributed by atoms with E-state index in [2.05, 4.69) is 16.0 Å². The van der Waals surface area contributed by atoms with Crippen molar-refractivity contribution < 1.29 is 24.0 Å². The SMILES string of the molecule is CC1=C(C(=O)Nc2ccccc2[N+](=O)[O-])[C@H](c2ccc3c(c2)OCO3)NC(=O)N1. The molecule has 2 heterocycles. The summed E-state index contributed by atoms with van der Waals surface area (Å²) in [7, 11) is 0. The molecular weight excluding hydrogens is 380 g/mol. The Morgan fingerprint density at radius 2 is 1.97 bits per heavy atom. The Bertz CT molecular complexity index is 1060. The van der Waals surface area contributed by atoms with Crippen LogP contribution in [0.25, 0.3) is 0 Å². The quantitative estimate of drug-likeness (QED) is 0.538. The molecule has 0 radical (unpaired) electrons. The van der Waals surface area contributed by atoms with E-state index in [0.717, 1.165) is 0 Å². The molecule has 2 aromatic carbocycles. The molecule has 2 aliphatic heterocycles. The van der Waals surface area contributed by atoms with Gasteiger partial charge in [-0.1, -0.05) is 18.2 Å². The van der Waals surface area contributed by atoms with Crippen LogP contribution in [0.5, 0.6) is 11.5 Å². The van der Waals surface area contributed by atoms with E-state index in [1.54, 1.807) is 31.2 Å². The van der Waals surface area contributed by atoms with Crippen LogP contribution in [0.1, 0.15) is 18.5 Å². The Labute approximate surface area is 164 Å². The third-order valence-corrected chi connectivity index (χ3v) is 4.59. The standard InChI is InChI=1S/C19H16N4O6/c1-10-16(18(24)21-12-4-2-3-5-13(12)23(26)27)17(22-19(25)20-10)11-6-7-14-15(8-11)29-9-28-14/h2-8,17H,9H2,1H3,(H,21,24)(H2,20,22,25)/t17-/m0/s1. The molecule has 10 heteroatoms. The molecule has 0 saturated carbocycles. The number of rotatable bonds is 4. The number of anilines is 1. The maximum Gasteiger partial charge on any atom is 0.319 e. The van der Waals surface area contributed by atoms with Gasteiger partial charge in [-0.15, -0.1) is 0 Å². The van der Waals surface area contributed by atoms with Gasteiger partial charge in [0, 0.05) is 11.8 Å². The first-order valence-electron chi connectivity index (χ1n) is 8.66. The number of carbonyl (C=O) groups excluding carboxylic acids is 2. The highest BCUT2D eigenvalue weighted by atomic mass is 16.7. The highest BCUT2D eigenvalue weighted by Crippen LogP contribution is 2.37. The zero-order valence-electron chi connectivity index (χ0n) is 15.2. The Balaban J connectivity index is 1.69. The fourth-order valence-electron chi connectivity index (χ4n) is 3.27. The van der Waals surface area contributed by atoms with Crippen molar-refractivity contribution in [2.45, 2.75) is 13.0 Å². The molecule has 4 rings (SSSR count). The van der Waals surface area contributed by atoms with E-state index < -0.39 is 22.9 Å². The van der Waals surface area contributed by atoms with E-state index in [4.69, 9.17) is 9.47 Å². The van der Waals surface area contributed by atoms with Crippen molar-refractivity contribution >= 4 is 23.3 Å². The van der Waals surface area contributed by atoms with Crippen molar-refractivity contribution in [2.24, 2.45) is 0 Å². The Morgan fingerprint density at radius 1 is 1.21 bits per heavy atom. The van der Waals surface area contributed by atoms with Gasteiger partial charge < -0.3 is 25.4 Å². The van der Waals surface area contributed by atoms with Gasteiger partial charge in [0.2, 0.25) is 6.79 Å². The number of urea groups is 1. The summed E-state index contributed by atoms with van der Waals surface area (Å²) in [6.07, 6.45) is 0. The number of nitrogens with one attached hydrogen (secondary N) is 3. The number of nitro groups is 1. The maximum atomic E-state index is 13.0. The second-order valence-corrected chi connectivity index (χ2v) is 6.41. The van der Waals surface area contributed by atoms with Gasteiger partial charge in [0.15, 0.2) is 11.5 Å². The van der Waals surface area contributed by atoms with Gasteiger partial charge in [0.25, 0.3) is 11.6 Å². The third-order valence-electron chi connectivity index (χ3n) is 4.59. The van der Waals surface area contributed by atoms with E-state index >= 15 is 0 Å². The molecule has 0 aromatic heterocycles. The second kappa shape index (κ2) is 7.15. The Morgan fingerprint density at radius 3 is 2.76 bits per heavy atom. The molecular formula is C19H16N4O6. The number of benzene rings is 2. The van der Waals surface area contributed by atoms with Crippen LogP contribution in [0, 0.1) is 10.1 Å². The number of ether oxygens (including phenoxy) is 2. The molecule has 1 atom stereocenters. The average Bonchev–Trinajstić information content (AvgIpc) is 3.15. The van der Waals surface area contributed by atoms with Crippen LogP contribution in [0.15, 0.2) is 53.7 Å². The van der Waals surface area contributed by atoms with Crippen LogP contribution in [-0.4, -0.2) is 23.7 Å². The Kier molecular flexibility index (Phi) is 4.51. The molecule has 0 unspecified atom stereocenters. The largest absolute Gasteiger partial charge is 0.454 e. The monoisotopic (exact) mass is 396 g/mol. The van der Waals surface area contributed by atoms with Gasteiger partial charge in [0.1, 0.15) is 5.69 Å². The summed E-state index contributed by atoms with van der Waals surface area (Å²) in [5.41, 5.74) is 1.00. The summed E-state index contributed by atoms with van der Waals surface area (Å²) >= 11 is 0. The van der Waals surface area contributed by atoms with Crippen molar-refractivity contribution in [2.75, 3.05) is 12.1 Å². The number of nitro benzene ring substituents is 1. The lowest BCUT2D eigenvalue weighted by molar-refractivity contribution is -0.383. The molecule has 3 amide bonds. The number of allylic oxidation sites excluding steroid dienone is 1. The molecule has 3 N–H and O–H groups in total. The number of nitrogens with zero attached hydrogens (tertiary/aromatic N) is 1.